The molecular weight excluding hydrogens is 232 g/mol. The van der Waals surface area contributed by atoms with E-state index >= 15 is 0 Å². The van der Waals surface area contributed by atoms with E-state index < -0.39 is 0 Å². The Morgan fingerprint density at radius 3 is 3.00 bits per heavy atom. The number of hydrogen-bond acceptors (Lipinski definition) is 4. The van der Waals surface area contributed by atoms with Crippen molar-refractivity contribution in [2.45, 2.75) is 44.8 Å². The average molecular weight is 252 g/mol. The van der Waals surface area contributed by atoms with Gasteiger partial charge in [0, 0.05) is 30.1 Å². The van der Waals surface area contributed by atoms with Crippen molar-refractivity contribution in [1.82, 2.24) is 9.88 Å². The number of rotatable bonds is 4. The minimum absolute atomic E-state index is 0.163. The van der Waals surface area contributed by atoms with Crippen molar-refractivity contribution in [3.8, 4) is 0 Å². The molecule has 0 spiro atoms. The Hall–Kier alpha value is -0.450. The van der Waals surface area contributed by atoms with Gasteiger partial charge in [0.1, 0.15) is 0 Å². The second-order valence-electron chi connectivity index (χ2n) is 5.46. The van der Waals surface area contributed by atoms with Gasteiger partial charge in [0.25, 0.3) is 0 Å². The van der Waals surface area contributed by atoms with Crippen LogP contribution in [0.4, 0.5) is 0 Å². The molecule has 2 heterocycles. The molecule has 1 saturated heterocycles. The van der Waals surface area contributed by atoms with Crippen LogP contribution in [0.2, 0.25) is 0 Å². The van der Waals surface area contributed by atoms with E-state index in [1.807, 2.05) is 24.5 Å². The van der Waals surface area contributed by atoms with Crippen molar-refractivity contribution in [3.05, 3.63) is 16.1 Å². The van der Waals surface area contributed by atoms with Crippen LogP contribution in [0.5, 0.6) is 0 Å². The Kier molecular flexibility index (Phi) is 3.19. The largest absolute Gasteiger partial charge is 0.393 e. The van der Waals surface area contributed by atoms with E-state index in [1.54, 1.807) is 0 Å². The van der Waals surface area contributed by atoms with Gasteiger partial charge in [0.2, 0.25) is 0 Å². The quantitative estimate of drug-likeness (QED) is 0.892. The summed E-state index contributed by atoms with van der Waals surface area (Å²) in [6.45, 7) is 5.08. The lowest BCUT2D eigenvalue weighted by molar-refractivity contribution is 0.127. The second-order valence-corrected chi connectivity index (χ2v) is 6.61. The number of hydrogen-bond donors (Lipinski definition) is 1. The summed E-state index contributed by atoms with van der Waals surface area (Å²) in [5, 5.41) is 10.9. The molecule has 2 atom stereocenters. The van der Waals surface area contributed by atoms with E-state index in [4.69, 9.17) is 0 Å². The van der Waals surface area contributed by atoms with Crippen molar-refractivity contribution >= 4 is 11.3 Å². The molecule has 0 bridgehead atoms. The molecule has 3 nitrogen and oxygen atoms in total. The summed E-state index contributed by atoms with van der Waals surface area (Å²) in [6, 6.07) is 0. The normalized spacial score (nSPS) is 27.5. The molecule has 2 fully saturated rings. The van der Waals surface area contributed by atoms with Crippen LogP contribution in [0, 0.1) is 5.92 Å². The third-order valence-corrected chi connectivity index (χ3v) is 5.01. The Labute approximate surface area is 106 Å². The van der Waals surface area contributed by atoms with Crippen LogP contribution in [0.3, 0.4) is 0 Å². The summed E-state index contributed by atoms with van der Waals surface area (Å²) >= 11 is 1.88. The van der Waals surface area contributed by atoms with Gasteiger partial charge in [-0.25, -0.2) is 4.98 Å². The van der Waals surface area contributed by atoms with Crippen LogP contribution in [0.25, 0.3) is 0 Å². The first-order chi connectivity index (χ1) is 8.22. The zero-order valence-corrected chi connectivity index (χ0v) is 11.1. The molecule has 1 aromatic rings. The number of likely N-dealkylation sites (tertiary alicyclic amines) is 1. The number of nitrogens with zero attached hydrogens (tertiary/aromatic N) is 2. The average Bonchev–Trinajstić information content (AvgIpc) is 2.87. The Balaban J connectivity index is 1.56. The van der Waals surface area contributed by atoms with Crippen LogP contribution < -0.4 is 0 Å². The van der Waals surface area contributed by atoms with E-state index in [-0.39, 0.29) is 6.10 Å². The zero-order valence-electron chi connectivity index (χ0n) is 10.3. The SMILES string of the molecule is CC(O)C1CCN(Cc2cnc(C3CC3)s2)C1. The number of aromatic nitrogens is 1. The number of aliphatic hydroxyl groups is 1. The molecular formula is C13H20N2OS. The lowest BCUT2D eigenvalue weighted by atomic mass is 10.0. The lowest BCUT2D eigenvalue weighted by Gasteiger charge is -2.16. The fourth-order valence-corrected chi connectivity index (χ4v) is 3.66. The van der Waals surface area contributed by atoms with E-state index in [1.165, 1.54) is 22.7 Å². The molecule has 1 saturated carbocycles. The second kappa shape index (κ2) is 4.67. The summed E-state index contributed by atoms with van der Waals surface area (Å²) in [5.74, 6) is 1.24. The monoisotopic (exact) mass is 252 g/mol. The summed E-state index contributed by atoms with van der Waals surface area (Å²) in [5.41, 5.74) is 0. The molecule has 2 aliphatic rings. The topological polar surface area (TPSA) is 36.4 Å². The molecule has 3 rings (SSSR count). The smallest absolute Gasteiger partial charge is 0.0959 e. The van der Waals surface area contributed by atoms with Crippen molar-refractivity contribution < 1.29 is 5.11 Å². The summed E-state index contributed by atoms with van der Waals surface area (Å²) in [7, 11) is 0. The van der Waals surface area contributed by atoms with E-state index in [9.17, 15) is 5.11 Å². The van der Waals surface area contributed by atoms with Crippen molar-refractivity contribution in [2.75, 3.05) is 13.1 Å². The van der Waals surface area contributed by atoms with Gasteiger partial charge in [0.15, 0.2) is 0 Å². The first-order valence-electron chi connectivity index (χ1n) is 6.57. The maximum absolute atomic E-state index is 9.58. The van der Waals surface area contributed by atoms with E-state index in [2.05, 4.69) is 9.88 Å². The van der Waals surface area contributed by atoms with Crippen molar-refractivity contribution in [3.63, 3.8) is 0 Å². The molecule has 4 heteroatoms. The van der Waals surface area contributed by atoms with Gasteiger partial charge < -0.3 is 5.11 Å². The third kappa shape index (κ3) is 2.69. The molecule has 1 N–H and O–H groups in total. The lowest BCUT2D eigenvalue weighted by Crippen LogP contribution is -2.23. The molecule has 1 aliphatic carbocycles. The van der Waals surface area contributed by atoms with Crippen LogP contribution >= 0.6 is 11.3 Å². The van der Waals surface area contributed by atoms with Gasteiger partial charge in [-0.2, -0.15) is 0 Å². The van der Waals surface area contributed by atoms with Gasteiger partial charge >= 0.3 is 0 Å². The molecule has 0 radical (unpaired) electrons. The van der Waals surface area contributed by atoms with Gasteiger partial charge in [-0.15, -0.1) is 11.3 Å². The highest BCUT2D eigenvalue weighted by Gasteiger charge is 2.28. The highest BCUT2D eigenvalue weighted by atomic mass is 32.1. The van der Waals surface area contributed by atoms with Crippen molar-refractivity contribution in [1.29, 1.82) is 0 Å². The zero-order chi connectivity index (χ0) is 11.8. The fraction of sp³-hybridized carbons (Fsp3) is 0.769. The van der Waals surface area contributed by atoms with Gasteiger partial charge in [-0.1, -0.05) is 0 Å². The van der Waals surface area contributed by atoms with Crippen LogP contribution in [0.1, 0.15) is 42.0 Å². The van der Waals surface area contributed by atoms with Crippen LogP contribution in [-0.4, -0.2) is 34.2 Å². The summed E-state index contributed by atoms with van der Waals surface area (Å²) in [6.07, 6.45) is 5.69. The summed E-state index contributed by atoms with van der Waals surface area (Å²) in [4.78, 5) is 8.35. The molecule has 94 valence electrons. The van der Waals surface area contributed by atoms with Crippen LogP contribution in [-0.2, 0) is 6.54 Å². The highest BCUT2D eigenvalue weighted by molar-refractivity contribution is 7.11. The maximum Gasteiger partial charge on any atom is 0.0959 e. The fourth-order valence-electron chi connectivity index (χ4n) is 2.54. The summed E-state index contributed by atoms with van der Waals surface area (Å²) < 4.78 is 0. The number of aliphatic hydroxyl groups excluding tert-OH is 1. The minimum atomic E-state index is -0.163. The Morgan fingerprint density at radius 1 is 1.53 bits per heavy atom. The van der Waals surface area contributed by atoms with Gasteiger partial charge in [-0.05, 0) is 38.6 Å². The van der Waals surface area contributed by atoms with Crippen molar-refractivity contribution in [2.24, 2.45) is 5.92 Å². The highest BCUT2D eigenvalue weighted by Crippen LogP contribution is 2.42. The van der Waals surface area contributed by atoms with Gasteiger partial charge in [-0.3, -0.25) is 4.90 Å². The first-order valence-corrected chi connectivity index (χ1v) is 7.39. The molecule has 1 aromatic heterocycles. The van der Waals surface area contributed by atoms with Crippen LogP contribution in [0.15, 0.2) is 6.20 Å². The van der Waals surface area contributed by atoms with E-state index in [0.717, 1.165) is 32.0 Å². The Bertz CT molecular complexity index is 387. The number of thiazole rings is 1. The third-order valence-electron chi connectivity index (χ3n) is 3.87. The predicted octanol–water partition coefficient (Wildman–Crippen LogP) is 2.22. The van der Waals surface area contributed by atoms with E-state index in [0.29, 0.717) is 5.92 Å². The molecule has 0 amide bonds. The standard InChI is InChI=1S/C13H20N2OS/c1-9(16)11-4-5-15(7-11)8-12-6-14-13(17-12)10-2-3-10/h6,9-11,16H,2-5,7-8H2,1H3. The molecule has 2 unspecified atom stereocenters. The van der Waals surface area contributed by atoms with Gasteiger partial charge in [0.05, 0.1) is 11.1 Å². The Morgan fingerprint density at radius 2 is 2.35 bits per heavy atom. The molecule has 17 heavy (non-hydrogen) atoms. The molecule has 1 aliphatic heterocycles. The predicted molar refractivity (Wildman–Crippen MR) is 69.2 cm³/mol. The molecule has 0 aromatic carbocycles. The maximum atomic E-state index is 9.58. The minimum Gasteiger partial charge on any atom is -0.393 e. The first kappa shape index (κ1) is 11.6.